The Labute approximate surface area is 148 Å². The second-order valence-electron chi connectivity index (χ2n) is 5.82. The molecule has 0 unspecified atom stereocenters. The monoisotopic (exact) mass is 352 g/mol. The molecule has 0 spiro atoms. The van der Waals surface area contributed by atoms with E-state index in [1.165, 1.54) is 4.57 Å². The highest BCUT2D eigenvalue weighted by Gasteiger charge is 2.15. The fourth-order valence-corrected chi connectivity index (χ4v) is 2.84. The molecule has 0 aliphatic carbocycles. The maximum Gasteiger partial charge on any atom is 0.420 e. The van der Waals surface area contributed by atoms with Gasteiger partial charge < -0.3 is 19.2 Å². The van der Waals surface area contributed by atoms with Gasteiger partial charge in [0, 0.05) is 18.7 Å². The number of hydrogen-bond donors (Lipinski definition) is 1. The number of carbonyl (C=O) groups excluding carboxylic acids is 1. The van der Waals surface area contributed by atoms with Crippen LogP contribution >= 0.6 is 0 Å². The highest BCUT2D eigenvalue weighted by molar-refractivity contribution is 5.97. The SMILES string of the molecule is C=CCn1c(=O)oc2ccc(C(=O)NCc3ccc4c(c3)OCO4)cc21. The van der Waals surface area contributed by atoms with E-state index in [0.29, 0.717) is 41.3 Å². The Morgan fingerprint density at radius 3 is 2.88 bits per heavy atom. The van der Waals surface area contributed by atoms with Crippen LogP contribution < -0.4 is 20.5 Å². The molecule has 7 heteroatoms. The highest BCUT2D eigenvalue weighted by atomic mass is 16.7. The lowest BCUT2D eigenvalue weighted by atomic mass is 10.1. The third kappa shape index (κ3) is 2.83. The summed E-state index contributed by atoms with van der Waals surface area (Å²) in [5.41, 5.74) is 2.34. The summed E-state index contributed by atoms with van der Waals surface area (Å²) in [6.07, 6.45) is 1.60. The summed E-state index contributed by atoms with van der Waals surface area (Å²) in [5.74, 6) is 0.650. The fraction of sp³-hybridized carbons (Fsp3) is 0.158. The third-order valence-electron chi connectivity index (χ3n) is 4.13. The van der Waals surface area contributed by atoms with Gasteiger partial charge in [0.05, 0.1) is 5.52 Å². The lowest BCUT2D eigenvalue weighted by molar-refractivity contribution is 0.0951. The zero-order valence-electron chi connectivity index (χ0n) is 13.9. The van der Waals surface area contributed by atoms with Crippen molar-refractivity contribution < 1.29 is 18.7 Å². The van der Waals surface area contributed by atoms with Crippen molar-refractivity contribution >= 4 is 17.0 Å². The molecule has 1 aliphatic heterocycles. The molecule has 0 radical (unpaired) electrons. The van der Waals surface area contributed by atoms with Crippen LogP contribution in [0.2, 0.25) is 0 Å². The van der Waals surface area contributed by atoms with E-state index < -0.39 is 5.76 Å². The lowest BCUT2D eigenvalue weighted by Crippen LogP contribution is -2.22. The maximum atomic E-state index is 12.5. The number of hydrogen-bond acceptors (Lipinski definition) is 5. The van der Waals surface area contributed by atoms with Crippen molar-refractivity contribution in [3.05, 3.63) is 70.7 Å². The second-order valence-corrected chi connectivity index (χ2v) is 5.82. The topological polar surface area (TPSA) is 82.7 Å². The number of ether oxygens (including phenoxy) is 2. The molecule has 2 heterocycles. The van der Waals surface area contributed by atoms with E-state index in [4.69, 9.17) is 13.9 Å². The smallest absolute Gasteiger partial charge is 0.420 e. The number of benzene rings is 2. The zero-order chi connectivity index (χ0) is 18.1. The minimum Gasteiger partial charge on any atom is -0.454 e. The summed E-state index contributed by atoms with van der Waals surface area (Å²) in [6.45, 7) is 4.50. The minimum absolute atomic E-state index is 0.211. The van der Waals surface area contributed by atoms with E-state index >= 15 is 0 Å². The molecular formula is C19H16N2O5. The van der Waals surface area contributed by atoms with Gasteiger partial charge in [-0.1, -0.05) is 12.1 Å². The molecule has 0 atom stereocenters. The van der Waals surface area contributed by atoms with Crippen molar-refractivity contribution in [2.45, 2.75) is 13.1 Å². The van der Waals surface area contributed by atoms with Crippen LogP contribution in [0.4, 0.5) is 0 Å². The Morgan fingerprint density at radius 2 is 2.04 bits per heavy atom. The summed E-state index contributed by atoms with van der Waals surface area (Å²) < 4.78 is 17.2. The van der Waals surface area contributed by atoms with E-state index in [0.717, 1.165) is 5.56 Å². The third-order valence-corrected chi connectivity index (χ3v) is 4.13. The number of allylic oxidation sites excluding steroid dienone is 1. The normalized spacial score (nSPS) is 12.3. The standard InChI is InChI=1S/C19H16N2O5/c1-2-7-21-14-9-13(4-6-15(14)26-19(21)23)18(22)20-10-12-3-5-16-17(8-12)25-11-24-16/h2-6,8-9H,1,7,10-11H2,(H,20,22). The molecule has 26 heavy (non-hydrogen) atoms. The first-order chi connectivity index (χ1) is 12.7. The second kappa shape index (κ2) is 6.44. The maximum absolute atomic E-state index is 12.5. The largest absolute Gasteiger partial charge is 0.454 e. The number of amides is 1. The van der Waals surface area contributed by atoms with E-state index in [1.54, 1.807) is 24.3 Å². The first-order valence-corrected chi connectivity index (χ1v) is 8.07. The van der Waals surface area contributed by atoms with Gasteiger partial charge in [-0.25, -0.2) is 4.79 Å². The summed E-state index contributed by atoms with van der Waals surface area (Å²) in [5, 5.41) is 2.86. The highest BCUT2D eigenvalue weighted by Crippen LogP contribution is 2.32. The Kier molecular flexibility index (Phi) is 3.96. The van der Waals surface area contributed by atoms with Gasteiger partial charge in [0.25, 0.3) is 5.91 Å². The predicted molar refractivity (Wildman–Crippen MR) is 94.4 cm³/mol. The van der Waals surface area contributed by atoms with Gasteiger partial charge in [0.1, 0.15) is 0 Å². The van der Waals surface area contributed by atoms with Crippen molar-refractivity contribution in [3.8, 4) is 11.5 Å². The fourth-order valence-electron chi connectivity index (χ4n) is 2.84. The Hall–Kier alpha value is -3.48. The first-order valence-electron chi connectivity index (χ1n) is 8.07. The number of nitrogens with zero attached hydrogens (tertiary/aromatic N) is 1. The zero-order valence-corrected chi connectivity index (χ0v) is 13.9. The number of nitrogens with one attached hydrogen (secondary N) is 1. The van der Waals surface area contributed by atoms with E-state index in [-0.39, 0.29) is 12.7 Å². The molecule has 3 aromatic rings. The van der Waals surface area contributed by atoms with Gasteiger partial charge in [0.2, 0.25) is 6.79 Å². The van der Waals surface area contributed by atoms with Gasteiger partial charge in [-0.3, -0.25) is 9.36 Å². The average molecular weight is 352 g/mol. The predicted octanol–water partition coefficient (Wildman–Crippen LogP) is 2.44. The van der Waals surface area contributed by atoms with Crippen molar-refractivity contribution in [3.63, 3.8) is 0 Å². The van der Waals surface area contributed by atoms with Crippen LogP contribution in [0.25, 0.3) is 11.1 Å². The summed E-state index contributed by atoms with van der Waals surface area (Å²) in [7, 11) is 0. The van der Waals surface area contributed by atoms with Crippen LogP contribution in [-0.4, -0.2) is 17.3 Å². The molecule has 4 rings (SSSR count). The molecule has 1 amide bonds. The molecule has 0 saturated carbocycles. The molecule has 0 bridgehead atoms. The van der Waals surface area contributed by atoms with Crippen molar-refractivity contribution in [1.82, 2.24) is 9.88 Å². The average Bonchev–Trinajstić information content (AvgIpc) is 3.23. The number of fused-ring (bicyclic) bond motifs is 2. The number of carbonyl (C=O) groups is 1. The number of aromatic nitrogens is 1. The van der Waals surface area contributed by atoms with Gasteiger partial charge in [-0.15, -0.1) is 6.58 Å². The molecule has 7 nitrogen and oxygen atoms in total. The summed E-state index contributed by atoms with van der Waals surface area (Å²) in [6, 6.07) is 10.4. The lowest BCUT2D eigenvalue weighted by Gasteiger charge is -2.07. The Morgan fingerprint density at radius 1 is 1.19 bits per heavy atom. The molecule has 0 saturated heterocycles. The van der Waals surface area contributed by atoms with Gasteiger partial charge in [-0.2, -0.15) is 0 Å². The molecule has 1 aromatic heterocycles. The van der Waals surface area contributed by atoms with Crippen LogP contribution in [0.3, 0.4) is 0 Å². The van der Waals surface area contributed by atoms with Crippen molar-refractivity contribution in [2.24, 2.45) is 0 Å². The molecule has 132 valence electrons. The summed E-state index contributed by atoms with van der Waals surface area (Å²) in [4.78, 5) is 24.3. The quantitative estimate of drug-likeness (QED) is 0.713. The molecule has 0 fully saturated rings. The van der Waals surface area contributed by atoms with Crippen LogP contribution in [0.15, 0.2) is 58.3 Å². The van der Waals surface area contributed by atoms with E-state index in [1.807, 2.05) is 18.2 Å². The van der Waals surface area contributed by atoms with Gasteiger partial charge in [-0.05, 0) is 35.9 Å². The van der Waals surface area contributed by atoms with Crippen LogP contribution in [0, 0.1) is 0 Å². The van der Waals surface area contributed by atoms with Crippen LogP contribution in [-0.2, 0) is 13.1 Å². The van der Waals surface area contributed by atoms with E-state index in [9.17, 15) is 9.59 Å². The molecule has 1 N–H and O–H groups in total. The molecular weight excluding hydrogens is 336 g/mol. The van der Waals surface area contributed by atoms with Crippen LogP contribution in [0.5, 0.6) is 11.5 Å². The Bertz CT molecular complexity index is 1060. The number of rotatable bonds is 5. The molecule has 1 aliphatic rings. The van der Waals surface area contributed by atoms with Crippen molar-refractivity contribution in [2.75, 3.05) is 6.79 Å². The minimum atomic E-state index is -0.474. The number of oxazole rings is 1. The summed E-state index contributed by atoms with van der Waals surface area (Å²) >= 11 is 0. The Balaban J connectivity index is 1.53. The van der Waals surface area contributed by atoms with Crippen LogP contribution in [0.1, 0.15) is 15.9 Å². The van der Waals surface area contributed by atoms with Gasteiger partial charge in [0.15, 0.2) is 17.1 Å². The van der Waals surface area contributed by atoms with E-state index in [2.05, 4.69) is 11.9 Å². The molecule has 2 aromatic carbocycles. The first kappa shape index (κ1) is 16.0. The van der Waals surface area contributed by atoms with Gasteiger partial charge >= 0.3 is 5.76 Å². The van der Waals surface area contributed by atoms with Crippen molar-refractivity contribution in [1.29, 1.82) is 0 Å².